The van der Waals surface area contributed by atoms with Crippen molar-refractivity contribution in [3.8, 4) is 17.2 Å². The molecule has 0 fully saturated rings. The number of amides is 1. The Morgan fingerprint density at radius 1 is 1.21 bits per heavy atom. The maximum atomic E-state index is 13.8. The molecule has 3 rings (SSSR count). The van der Waals surface area contributed by atoms with Crippen molar-refractivity contribution < 1.29 is 18.7 Å². The van der Waals surface area contributed by atoms with Crippen LogP contribution in [0.3, 0.4) is 0 Å². The van der Waals surface area contributed by atoms with E-state index in [0.717, 1.165) is 0 Å². The number of ether oxygens (including phenoxy) is 2. The van der Waals surface area contributed by atoms with Gasteiger partial charge in [0.1, 0.15) is 23.0 Å². The molecule has 1 heterocycles. The number of hydrogen-bond donors (Lipinski definition) is 0. The lowest BCUT2D eigenvalue weighted by Crippen LogP contribution is -2.28. The van der Waals surface area contributed by atoms with E-state index in [1.54, 1.807) is 57.7 Å². The molecular weight excluding hydrogens is 397 g/mol. The summed E-state index contributed by atoms with van der Waals surface area (Å²) in [7, 11) is 4.73. The predicted molar refractivity (Wildman–Crippen MR) is 106 cm³/mol. The van der Waals surface area contributed by atoms with Crippen molar-refractivity contribution in [1.29, 1.82) is 0 Å². The third kappa shape index (κ3) is 4.83. The van der Waals surface area contributed by atoms with Crippen molar-refractivity contribution in [2.75, 3.05) is 27.0 Å². The summed E-state index contributed by atoms with van der Waals surface area (Å²) in [5.41, 5.74) is 1.05. The molecule has 1 amide bonds. The number of methoxy groups -OCH3 is 2. The van der Waals surface area contributed by atoms with Gasteiger partial charge in [0.05, 0.1) is 20.0 Å². The first-order valence-corrected chi connectivity index (χ1v) is 9.63. The molecule has 0 N–H and O–H groups in total. The minimum absolute atomic E-state index is 0.0949. The van der Waals surface area contributed by atoms with Gasteiger partial charge in [-0.25, -0.2) is 4.39 Å². The van der Waals surface area contributed by atoms with Crippen LogP contribution < -0.4 is 9.47 Å². The van der Waals surface area contributed by atoms with Crippen LogP contribution in [0.25, 0.3) is 5.69 Å². The largest absolute Gasteiger partial charge is 0.497 e. The molecule has 0 aliphatic rings. The maximum Gasteiger partial charge on any atom is 0.233 e. The first-order valence-electron chi connectivity index (χ1n) is 8.64. The minimum atomic E-state index is -0.339. The van der Waals surface area contributed by atoms with Gasteiger partial charge < -0.3 is 14.4 Å². The molecule has 0 saturated carbocycles. The first kappa shape index (κ1) is 20.6. The van der Waals surface area contributed by atoms with Gasteiger partial charge in [-0.05, 0) is 28.6 Å². The zero-order chi connectivity index (χ0) is 20.8. The Kier molecular flexibility index (Phi) is 6.65. The van der Waals surface area contributed by atoms with Gasteiger partial charge in [0, 0.05) is 25.2 Å². The maximum absolute atomic E-state index is 13.8. The van der Waals surface area contributed by atoms with Gasteiger partial charge in [-0.15, -0.1) is 5.10 Å². The fourth-order valence-corrected chi connectivity index (χ4v) is 3.41. The van der Waals surface area contributed by atoms with Crippen LogP contribution in [0.4, 0.5) is 4.39 Å². The van der Waals surface area contributed by atoms with Crippen molar-refractivity contribution >= 4 is 17.7 Å². The molecular formula is C19H20FN5O3S. The van der Waals surface area contributed by atoms with E-state index in [-0.39, 0.29) is 24.0 Å². The summed E-state index contributed by atoms with van der Waals surface area (Å²) in [6.07, 6.45) is 0. The van der Waals surface area contributed by atoms with E-state index in [2.05, 4.69) is 15.5 Å². The highest BCUT2D eigenvalue weighted by Crippen LogP contribution is 2.29. The summed E-state index contributed by atoms with van der Waals surface area (Å²) in [6, 6.07) is 11.6. The van der Waals surface area contributed by atoms with Gasteiger partial charge in [0.25, 0.3) is 0 Å². The number of thioether (sulfide) groups is 1. The Labute approximate surface area is 171 Å². The van der Waals surface area contributed by atoms with E-state index in [1.807, 2.05) is 0 Å². The quantitative estimate of drug-likeness (QED) is 0.521. The van der Waals surface area contributed by atoms with Crippen LogP contribution in [0.15, 0.2) is 47.6 Å². The molecule has 29 heavy (non-hydrogen) atoms. The second-order valence-electron chi connectivity index (χ2n) is 6.04. The first-order chi connectivity index (χ1) is 14.0. The van der Waals surface area contributed by atoms with Crippen molar-refractivity contribution in [2.45, 2.75) is 11.7 Å². The molecule has 0 aliphatic carbocycles. The van der Waals surface area contributed by atoms with Crippen LogP contribution in [0.1, 0.15) is 5.56 Å². The molecule has 0 aliphatic heterocycles. The van der Waals surface area contributed by atoms with E-state index >= 15 is 0 Å². The molecule has 0 spiro atoms. The monoisotopic (exact) mass is 417 g/mol. The van der Waals surface area contributed by atoms with Crippen LogP contribution >= 0.6 is 11.8 Å². The second kappa shape index (κ2) is 9.37. The third-order valence-corrected chi connectivity index (χ3v) is 5.08. The lowest BCUT2D eigenvalue weighted by atomic mass is 10.2. The average Bonchev–Trinajstić information content (AvgIpc) is 3.21. The van der Waals surface area contributed by atoms with E-state index in [0.29, 0.717) is 27.9 Å². The molecule has 8 nitrogen and oxygen atoms in total. The Morgan fingerprint density at radius 3 is 2.72 bits per heavy atom. The zero-order valence-corrected chi connectivity index (χ0v) is 17.0. The second-order valence-corrected chi connectivity index (χ2v) is 6.98. The van der Waals surface area contributed by atoms with Crippen LogP contribution in [0, 0.1) is 5.82 Å². The molecule has 152 valence electrons. The number of hydrogen-bond acceptors (Lipinski definition) is 7. The molecule has 10 heteroatoms. The normalized spacial score (nSPS) is 10.6. The third-order valence-electron chi connectivity index (χ3n) is 4.17. The number of benzene rings is 2. The van der Waals surface area contributed by atoms with Crippen molar-refractivity contribution in [3.05, 3.63) is 53.8 Å². The molecule has 3 aromatic rings. The van der Waals surface area contributed by atoms with E-state index in [9.17, 15) is 9.18 Å². The van der Waals surface area contributed by atoms with Gasteiger partial charge in [0.15, 0.2) is 0 Å². The number of aromatic nitrogens is 4. The topological polar surface area (TPSA) is 82.4 Å². The lowest BCUT2D eigenvalue weighted by molar-refractivity contribution is -0.127. The highest BCUT2D eigenvalue weighted by atomic mass is 32.2. The van der Waals surface area contributed by atoms with Crippen LogP contribution in [0.5, 0.6) is 11.5 Å². The summed E-state index contributed by atoms with van der Waals surface area (Å²) in [6.45, 7) is 0.181. The van der Waals surface area contributed by atoms with Crippen molar-refractivity contribution in [3.63, 3.8) is 0 Å². The zero-order valence-electron chi connectivity index (χ0n) is 16.2. The predicted octanol–water partition coefficient (Wildman–Crippen LogP) is 2.57. The summed E-state index contributed by atoms with van der Waals surface area (Å²) in [4.78, 5) is 13.9. The fraction of sp³-hybridized carbons (Fsp3) is 0.263. The van der Waals surface area contributed by atoms with Gasteiger partial charge in [-0.3, -0.25) is 4.79 Å². The fourth-order valence-electron chi connectivity index (χ4n) is 2.59. The molecule has 0 radical (unpaired) electrons. The van der Waals surface area contributed by atoms with Crippen molar-refractivity contribution in [1.82, 2.24) is 25.1 Å². The SMILES string of the molecule is COc1ccc(OC)c(-n2nnnc2SCC(=O)N(C)Cc2ccccc2F)c1. The van der Waals surface area contributed by atoms with Gasteiger partial charge in [0.2, 0.25) is 11.1 Å². The Hall–Kier alpha value is -3.14. The van der Waals surface area contributed by atoms with Crippen LogP contribution in [-0.4, -0.2) is 58.0 Å². The average molecular weight is 417 g/mol. The number of nitrogens with zero attached hydrogens (tertiary/aromatic N) is 5. The van der Waals surface area contributed by atoms with Gasteiger partial charge >= 0.3 is 0 Å². The van der Waals surface area contributed by atoms with Gasteiger partial charge in [-0.2, -0.15) is 4.68 Å². The highest BCUT2D eigenvalue weighted by molar-refractivity contribution is 7.99. The molecule has 1 aromatic heterocycles. The van der Waals surface area contributed by atoms with E-state index < -0.39 is 0 Å². The standard InChI is InChI=1S/C19H20FN5O3S/c1-24(11-13-6-4-5-7-15(13)20)18(26)12-29-19-21-22-23-25(19)16-10-14(27-2)8-9-17(16)28-3/h4-10H,11-12H2,1-3H3. The van der Waals surface area contributed by atoms with Gasteiger partial charge in [-0.1, -0.05) is 30.0 Å². The molecule has 0 unspecified atom stereocenters. The summed E-state index contributed by atoms with van der Waals surface area (Å²) in [5, 5.41) is 12.1. The number of tetrazole rings is 1. The van der Waals surface area contributed by atoms with E-state index in [1.165, 1.54) is 27.4 Å². The molecule has 2 aromatic carbocycles. The smallest absolute Gasteiger partial charge is 0.233 e. The summed E-state index contributed by atoms with van der Waals surface area (Å²) < 4.78 is 25.9. The highest BCUT2D eigenvalue weighted by Gasteiger charge is 2.18. The molecule has 0 atom stereocenters. The lowest BCUT2D eigenvalue weighted by Gasteiger charge is -2.17. The van der Waals surface area contributed by atoms with Crippen LogP contribution in [-0.2, 0) is 11.3 Å². The number of carbonyl (C=O) groups excluding carboxylic acids is 1. The van der Waals surface area contributed by atoms with Crippen LogP contribution in [0.2, 0.25) is 0 Å². The van der Waals surface area contributed by atoms with E-state index in [4.69, 9.17) is 9.47 Å². The summed E-state index contributed by atoms with van der Waals surface area (Å²) >= 11 is 1.18. The number of carbonyl (C=O) groups is 1. The Morgan fingerprint density at radius 2 is 2.00 bits per heavy atom. The number of halogens is 1. The molecule has 0 bridgehead atoms. The van der Waals surface area contributed by atoms with Crippen molar-refractivity contribution in [2.24, 2.45) is 0 Å². The Bertz CT molecular complexity index is 997. The minimum Gasteiger partial charge on any atom is -0.497 e. The molecule has 0 saturated heterocycles. The number of rotatable bonds is 8. The summed E-state index contributed by atoms with van der Waals surface area (Å²) in [5.74, 6) is 0.757. The Balaban J connectivity index is 1.71.